The topological polar surface area (TPSA) is 9.23 Å². The lowest BCUT2D eigenvalue weighted by Gasteiger charge is -2.39. The molecule has 0 radical (unpaired) electrons. The zero-order valence-electron chi connectivity index (χ0n) is 11.4. The molecule has 0 heterocycles. The van der Waals surface area contributed by atoms with Gasteiger partial charge in [-0.05, 0) is 12.8 Å². The first-order valence-electron chi connectivity index (χ1n) is 7.02. The number of ether oxygens (including phenoxy) is 1. The number of hydrogen-bond donors (Lipinski definition) is 0. The van der Waals surface area contributed by atoms with E-state index in [2.05, 4.69) is 20.7 Å². The molecule has 2 rings (SSSR count). The third kappa shape index (κ3) is 3.88. The van der Waals surface area contributed by atoms with Crippen LogP contribution in [0.5, 0.6) is 0 Å². The summed E-state index contributed by atoms with van der Waals surface area (Å²) in [6.45, 7) is 0. The van der Waals surface area contributed by atoms with Gasteiger partial charge in [-0.1, -0.05) is 15.9 Å². The number of halogens is 8. The highest BCUT2D eigenvalue weighted by Gasteiger charge is 2.55. The molecule has 2 aliphatic rings. The van der Waals surface area contributed by atoms with Gasteiger partial charge in [0, 0.05) is 17.7 Å². The first-order chi connectivity index (χ1) is 10.1. The maximum absolute atomic E-state index is 14.0. The van der Waals surface area contributed by atoms with Crippen molar-refractivity contribution in [2.45, 2.75) is 73.6 Å². The predicted octanol–water partition coefficient (Wildman–Crippen LogP) is 4.62. The SMILES string of the molecule is FC1CC(OC(F)(F)C2C(F)CC(Br)CC2F)CC(F)C1F. The Morgan fingerprint density at radius 1 is 0.773 bits per heavy atom. The van der Waals surface area contributed by atoms with E-state index in [1.54, 1.807) is 0 Å². The highest BCUT2D eigenvalue weighted by Crippen LogP contribution is 2.44. The molecule has 22 heavy (non-hydrogen) atoms. The van der Waals surface area contributed by atoms with Crippen LogP contribution in [0.1, 0.15) is 25.7 Å². The van der Waals surface area contributed by atoms with E-state index < -0.39 is 66.7 Å². The third-order valence-corrected chi connectivity index (χ3v) is 4.87. The summed E-state index contributed by atoms with van der Waals surface area (Å²) in [5.41, 5.74) is 0. The van der Waals surface area contributed by atoms with Crippen molar-refractivity contribution in [3.05, 3.63) is 0 Å². The van der Waals surface area contributed by atoms with Gasteiger partial charge in [0.25, 0.3) is 0 Å². The highest BCUT2D eigenvalue weighted by molar-refractivity contribution is 9.09. The van der Waals surface area contributed by atoms with Crippen molar-refractivity contribution in [2.24, 2.45) is 5.92 Å². The molecule has 2 aliphatic carbocycles. The second kappa shape index (κ2) is 6.83. The van der Waals surface area contributed by atoms with Crippen LogP contribution in [0.4, 0.5) is 30.7 Å². The molecule has 0 spiro atoms. The van der Waals surface area contributed by atoms with E-state index in [1.165, 1.54) is 0 Å². The number of rotatable bonds is 3. The fourth-order valence-corrected chi connectivity index (χ4v) is 3.72. The molecule has 9 heteroatoms. The smallest absolute Gasteiger partial charge is 0.317 e. The van der Waals surface area contributed by atoms with Gasteiger partial charge >= 0.3 is 6.11 Å². The Labute approximate surface area is 131 Å². The molecule has 0 aromatic rings. The van der Waals surface area contributed by atoms with Crippen LogP contribution in [-0.4, -0.2) is 47.9 Å². The molecule has 0 bridgehead atoms. The van der Waals surface area contributed by atoms with Crippen molar-refractivity contribution in [3.63, 3.8) is 0 Å². The predicted molar refractivity (Wildman–Crippen MR) is 69.0 cm³/mol. The molecule has 1 nitrogen and oxygen atoms in total. The summed E-state index contributed by atoms with van der Waals surface area (Å²) in [4.78, 5) is -0.558. The van der Waals surface area contributed by atoms with Crippen molar-refractivity contribution in [1.29, 1.82) is 0 Å². The molecule has 0 aliphatic heterocycles. The van der Waals surface area contributed by atoms with Crippen LogP contribution >= 0.6 is 15.9 Å². The first-order valence-corrected chi connectivity index (χ1v) is 7.93. The van der Waals surface area contributed by atoms with Crippen molar-refractivity contribution >= 4 is 15.9 Å². The maximum Gasteiger partial charge on any atom is 0.364 e. The van der Waals surface area contributed by atoms with Crippen molar-refractivity contribution in [3.8, 4) is 0 Å². The molecule has 0 aromatic carbocycles. The maximum atomic E-state index is 14.0. The average Bonchev–Trinajstić information content (AvgIpc) is 2.33. The van der Waals surface area contributed by atoms with E-state index in [1.807, 2.05) is 0 Å². The molecular formula is C13H16BrF7O. The Morgan fingerprint density at radius 3 is 1.68 bits per heavy atom. The van der Waals surface area contributed by atoms with Gasteiger partial charge in [-0.25, -0.2) is 22.0 Å². The van der Waals surface area contributed by atoms with Crippen LogP contribution in [0.15, 0.2) is 0 Å². The number of alkyl halides is 8. The second-order valence-electron chi connectivity index (χ2n) is 5.88. The zero-order valence-corrected chi connectivity index (χ0v) is 13.0. The molecule has 4 unspecified atom stereocenters. The largest absolute Gasteiger partial charge is 0.364 e. The standard InChI is InChI=1S/C13H16BrF7O/c14-5-1-7(15)11(8(16)2-5)13(20,21)22-6-3-9(17)12(19)10(18)4-6/h5-12H,1-4H2. The monoisotopic (exact) mass is 400 g/mol. The van der Waals surface area contributed by atoms with Gasteiger partial charge in [-0.2, -0.15) is 8.78 Å². The zero-order chi connectivity index (χ0) is 16.7. The lowest BCUT2D eigenvalue weighted by atomic mass is 9.84. The Morgan fingerprint density at radius 2 is 1.23 bits per heavy atom. The molecule has 4 atom stereocenters. The van der Waals surface area contributed by atoms with E-state index in [4.69, 9.17) is 0 Å². The first kappa shape index (κ1) is 18.3. The Balaban J connectivity index is 2.04. The van der Waals surface area contributed by atoms with Gasteiger partial charge in [0.15, 0.2) is 6.17 Å². The molecule has 0 aromatic heterocycles. The molecule has 2 fully saturated rings. The average molecular weight is 401 g/mol. The second-order valence-corrected chi connectivity index (χ2v) is 7.17. The third-order valence-electron chi connectivity index (χ3n) is 4.12. The summed E-state index contributed by atoms with van der Waals surface area (Å²) in [6.07, 6.45) is -19.2. The Bertz CT molecular complexity index is 361. The summed E-state index contributed by atoms with van der Waals surface area (Å²) in [7, 11) is 0. The summed E-state index contributed by atoms with van der Waals surface area (Å²) >= 11 is 2.98. The van der Waals surface area contributed by atoms with Gasteiger partial charge in [0.2, 0.25) is 0 Å². The minimum Gasteiger partial charge on any atom is -0.317 e. The minimum atomic E-state index is -4.21. The Hall–Kier alpha value is -0.0500. The normalized spacial score (nSPS) is 47.5. The van der Waals surface area contributed by atoms with Crippen LogP contribution in [0.2, 0.25) is 0 Å². The molecule has 0 N–H and O–H groups in total. The van der Waals surface area contributed by atoms with Gasteiger partial charge in [-0.15, -0.1) is 0 Å². The summed E-state index contributed by atoms with van der Waals surface area (Å²) in [5, 5.41) is 0. The molecule has 0 saturated heterocycles. The van der Waals surface area contributed by atoms with Gasteiger partial charge in [0.1, 0.15) is 30.6 Å². The van der Waals surface area contributed by atoms with E-state index in [-0.39, 0.29) is 12.8 Å². The van der Waals surface area contributed by atoms with Crippen molar-refractivity contribution < 1.29 is 35.5 Å². The van der Waals surface area contributed by atoms with E-state index in [0.717, 1.165) is 0 Å². The fourth-order valence-electron chi connectivity index (χ4n) is 3.01. The van der Waals surface area contributed by atoms with E-state index >= 15 is 0 Å². The van der Waals surface area contributed by atoms with Gasteiger partial charge < -0.3 is 4.74 Å². The van der Waals surface area contributed by atoms with Crippen molar-refractivity contribution in [2.75, 3.05) is 0 Å². The van der Waals surface area contributed by atoms with Crippen molar-refractivity contribution in [1.82, 2.24) is 0 Å². The van der Waals surface area contributed by atoms with Crippen LogP contribution in [-0.2, 0) is 4.74 Å². The lowest BCUT2D eigenvalue weighted by Crippen LogP contribution is -2.51. The molecular weight excluding hydrogens is 385 g/mol. The van der Waals surface area contributed by atoms with E-state index in [9.17, 15) is 30.7 Å². The van der Waals surface area contributed by atoms with Crippen LogP contribution in [0.3, 0.4) is 0 Å². The molecule has 130 valence electrons. The molecule has 2 saturated carbocycles. The highest BCUT2D eigenvalue weighted by atomic mass is 79.9. The fraction of sp³-hybridized carbons (Fsp3) is 1.00. The van der Waals surface area contributed by atoms with Gasteiger partial charge in [-0.3, -0.25) is 0 Å². The number of hydrogen-bond acceptors (Lipinski definition) is 1. The van der Waals surface area contributed by atoms with Crippen LogP contribution < -0.4 is 0 Å². The summed E-state index contributed by atoms with van der Waals surface area (Å²) < 4.78 is 99.3. The van der Waals surface area contributed by atoms with Crippen LogP contribution in [0, 0.1) is 5.92 Å². The molecule has 0 amide bonds. The lowest BCUT2D eigenvalue weighted by molar-refractivity contribution is -0.321. The quantitative estimate of drug-likeness (QED) is 0.496. The summed E-state index contributed by atoms with van der Waals surface area (Å²) in [5.74, 6) is -2.33. The minimum absolute atomic E-state index is 0.307. The Kier molecular flexibility index (Phi) is 5.68. The van der Waals surface area contributed by atoms with Gasteiger partial charge in [0.05, 0.1) is 6.10 Å². The summed E-state index contributed by atoms with van der Waals surface area (Å²) in [6, 6.07) is 0. The van der Waals surface area contributed by atoms with E-state index in [0.29, 0.717) is 0 Å². The van der Waals surface area contributed by atoms with Crippen LogP contribution in [0.25, 0.3) is 0 Å².